The van der Waals surface area contributed by atoms with E-state index in [0.29, 0.717) is 19.3 Å². The first-order chi connectivity index (χ1) is 40.0. The molecule has 0 heterocycles. The predicted molar refractivity (Wildman–Crippen MR) is 352 cm³/mol. The van der Waals surface area contributed by atoms with Gasteiger partial charge in [0.05, 0.1) is 0 Å². The van der Waals surface area contributed by atoms with E-state index in [-0.39, 0.29) is 37.5 Å². The second-order valence-corrected chi connectivity index (χ2v) is 20.9. The molecule has 81 heavy (non-hydrogen) atoms. The lowest BCUT2D eigenvalue weighted by Gasteiger charge is -2.18. The summed E-state index contributed by atoms with van der Waals surface area (Å²) in [5.74, 6) is -0.997. The van der Waals surface area contributed by atoms with Crippen LogP contribution in [0.1, 0.15) is 265 Å². The molecule has 0 aromatic carbocycles. The van der Waals surface area contributed by atoms with Gasteiger partial charge in [-0.05, 0) is 148 Å². The zero-order chi connectivity index (χ0) is 58.5. The van der Waals surface area contributed by atoms with Gasteiger partial charge in [0, 0.05) is 19.3 Å². The summed E-state index contributed by atoms with van der Waals surface area (Å²) in [7, 11) is 0. The summed E-state index contributed by atoms with van der Waals surface area (Å²) in [5, 5.41) is 0. The first-order valence-corrected chi connectivity index (χ1v) is 32.6. The molecule has 454 valence electrons. The minimum atomic E-state index is -0.826. The average Bonchev–Trinajstić information content (AvgIpc) is 3.47. The van der Waals surface area contributed by atoms with Crippen molar-refractivity contribution in [1.29, 1.82) is 0 Å². The fourth-order valence-electron chi connectivity index (χ4n) is 8.37. The van der Waals surface area contributed by atoms with E-state index in [0.717, 1.165) is 148 Å². The Kier molecular flexibility index (Phi) is 62.9. The Morgan fingerprint density at radius 1 is 0.259 bits per heavy atom. The monoisotopic (exact) mass is 1110 g/mol. The number of allylic oxidation sites excluding steroid dienone is 28. The van der Waals surface area contributed by atoms with E-state index in [1.54, 1.807) is 0 Å². The number of carbonyl (C=O) groups is 3. The molecule has 0 aromatic heterocycles. The molecular formula is C75H118O6. The third-order valence-corrected chi connectivity index (χ3v) is 13.2. The van der Waals surface area contributed by atoms with E-state index in [1.807, 2.05) is 0 Å². The molecule has 0 radical (unpaired) electrons. The molecule has 0 saturated heterocycles. The molecule has 1 atom stereocenters. The molecule has 0 saturated carbocycles. The highest BCUT2D eigenvalue weighted by atomic mass is 16.6. The van der Waals surface area contributed by atoms with Crippen LogP contribution in [-0.4, -0.2) is 37.2 Å². The van der Waals surface area contributed by atoms with Crippen LogP contribution in [-0.2, 0) is 28.6 Å². The van der Waals surface area contributed by atoms with Crippen LogP contribution in [0.5, 0.6) is 0 Å². The molecule has 0 rings (SSSR count). The van der Waals surface area contributed by atoms with E-state index in [9.17, 15) is 14.4 Å². The van der Waals surface area contributed by atoms with Gasteiger partial charge in [0.1, 0.15) is 13.2 Å². The maximum atomic E-state index is 12.9. The first-order valence-electron chi connectivity index (χ1n) is 32.6. The van der Waals surface area contributed by atoms with Crippen molar-refractivity contribution in [3.05, 3.63) is 170 Å². The molecule has 1 unspecified atom stereocenters. The second-order valence-electron chi connectivity index (χ2n) is 20.9. The van der Waals surface area contributed by atoms with Crippen LogP contribution in [0.3, 0.4) is 0 Å². The van der Waals surface area contributed by atoms with Crippen molar-refractivity contribution >= 4 is 17.9 Å². The fraction of sp³-hybridized carbons (Fsp3) is 0.587. The number of hydrogen-bond donors (Lipinski definition) is 0. The Labute approximate surface area is 498 Å². The quantitative estimate of drug-likeness (QED) is 0.0261. The number of unbranched alkanes of at least 4 members (excludes halogenated alkanes) is 18. The van der Waals surface area contributed by atoms with Gasteiger partial charge >= 0.3 is 17.9 Å². The Morgan fingerprint density at radius 2 is 0.494 bits per heavy atom. The number of rotatable bonds is 57. The summed E-state index contributed by atoms with van der Waals surface area (Å²) in [6, 6.07) is 0. The van der Waals surface area contributed by atoms with E-state index in [1.165, 1.54) is 70.6 Å². The third-order valence-electron chi connectivity index (χ3n) is 13.2. The number of carbonyl (C=O) groups excluding carboxylic acids is 3. The molecule has 6 heteroatoms. The normalized spacial score (nSPS) is 13.3. The van der Waals surface area contributed by atoms with Crippen LogP contribution in [0.15, 0.2) is 170 Å². The highest BCUT2D eigenvalue weighted by molar-refractivity contribution is 5.71. The van der Waals surface area contributed by atoms with Gasteiger partial charge in [-0.2, -0.15) is 0 Å². The van der Waals surface area contributed by atoms with E-state index >= 15 is 0 Å². The van der Waals surface area contributed by atoms with Gasteiger partial charge in [0.2, 0.25) is 0 Å². The van der Waals surface area contributed by atoms with Crippen molar-refractivity contribution in [1.82, 2.24) is 0 Å². The van der Waals surface area contributed by atoms with Crippen LogP contribution >= 0.6 is 0 Å². The molecule has 0 spiro atoms. The minimum Gasteiger partial charge on any atom is -0.462 e. The Bertz CT molecular complexity index is 1860. The third kappa shape index (κ3) is 65.5. The molecule has 0 fully saturated rings. The molecule has 0 amide bonds. The zero-order valence-corrected chi connectivity index (χ0v) is 52.0. The lowest BCUT2D eigenvalue weighted by molar-refractivity contribution is -0.167. The topological polar surface area (TPSA) is 78.9 Å². The van der Waals surface area contributed by atoms with Crippen LogP contribution in [0.4, 0.5) is 0 Å². The highest BCUT2D eigenvalue weighted by Crippen LogP contribution is 2.14. The molecule has 0 aliphatic rings. The molecule has 0 aliphatic carbocycles. The van der Waals surface area contributed by atoms with Crippen molar-refractivity contribution in [2.24, 2.45) is 0 Å². The second kappa shape index (κ2) is 67.3. The minimum absolute atomic E-state index is 0.115. The summed E-state index contributed by atoms with van der Waals surface area (Å²) >= 11 is 0. The van der Waals surface area contributed by atoms with Crippen LogP contribution in [0, 0.1) is 0 Å². The van der Waals surface area contributed by atoms with E-state index < -0.39 is 6.10 Å². The summed E-state index contributed by atoms with van der Waals surface area (Å²) in [5.41, 5.74) is 0. The lowest BCUT2D eigenvalue weighted by atomic mass is 10.1. The average molecular weight is 1120 g/mol. The van der Waals surface area contributed by atoms with Gasteiger partial charge in [-0.1, -0.05) is 268 Å². The number of ether oxygens (including phenoxy) is 3. The number of esters is 3. The van der Waals surface area contributed by atoms with Crippen LogP contribution < -0.4 is 0 Å². The Hall–Kier alpha value is -5.23. The maximum Gasteiger partial charge on any atom is 0.306 e. The van der Waals surface area contributed by atoms with Gasteiger partial charge < -0.3 is 14.2 Å². The lowest BCUT2D eigenvalue weighted by Crippen LogP contribution is -2.30. The fourth-order valence-corrected chi connectivity index (χ4v) is 8.37. The van der Waals surface area contributed by atoms with E-state index in [4.69, 9.17) is 14.2 Å². The number of hydrogen-bond acceptors (Lipinski definition) is 6. The van der Waals surface area contributed by atoms with Gasteiger partial charge in [-0.15, -0.1) is 0 Å². The first kappa shape index (κ1) is 75.8. The predicted octanol–water partition coefficient (Wildman–Crippen LogP) is 22.7. The van der Waals surface area contributed by atoms with Crippen molar-refractivity contribution in [3.8, 4) is 0 Å². The molecule has 0 aromatic rings. The highest BCUT2D eigenvalue weighted by Gasteiger charge is 2.19. The molecule has 0 aliphatic heterocycles. The Morgan fingerprint density at radius 3 is 0.790 bits per heavy atom. The van der Waals surface area contributed by atoms with Gasteiger partial charge in [0.25, 0.3) is 0 Å². The maximum absolute atomic E-state index is 12.9. The summed E-state index contributed by atoms with van der Waals surface area (Å²) in [4.78, 5) is 38.3. The largest absolute Gasteiger partial charge is 0.462 e. The summed E-state index contributed by atoms with van der Waals surface area (Å²) in [6.07, 6.45) is 99.3. The smallest absolute Gasteiger partial charge is 0.306 e. The zero-order valence-electron chi connectivity index (χ0n) is 52.0. The molecule has 0 N–H and O–H groups in total. The van der Waals surface area contributed by atoms with Gasteiger partial charge in [-0.25, -0.2) is 0 Å². The van der Waals surface area contributed by atoms with Gasteiger partial charge in [0.15, 0.2) is 6.10 Å². The van der Waals surface area contributed by atoms with Crippen LogP contribution in [0.2, 0.25) is 0 Å². The van der Waals surface area contributed by atoms with Crippen molar-refractivity contribution < 1.29 is 28.6 Å². The SMILES string of the molecule is CC/C=C\C/C=C\C/C=C\C/C=C\C/C=C\C/C=C\C/C=C\CCCCCCCCCC(=O)OCC(COC(=O)CCCCCCCCC/C=C\C/C=C\CCCCC)OC(=O)CCC/C=C\C/C=C\C/C=C\C/C=C\C/C=C\CC. The summed E-state index contributed by atoms with van der Waals surface area (Å²) < 4.78 is 16.9. The molecule has 0 bridgehead atoms. The van der Waals surface area contributed by atoms with Crippen molar-refractivity contribution in [2.45, 2.75) is 271 Å². The molecular weight excluding hydrogens is 997 g/mol. The van der Waals surface area contributed by atoms with Crippen LogP contribution in [0.25, 0.3) is 0 Å². The standard InChI is InChI=1S/C75H118O6/c1-4-7-10-13-16-19-22-25-28-31-32-33-34-35-36-37-38-39-40-41-42-45-47-50-53-56-59-62-65-68-74(77)80-71-72(81-75(78)69-66-63-60-57-54-51-48-44-30-27-24-21-18-15-12-9-6-3)70-79-73(76)67-64-61-58-55-52-49-46-43-29-26-23-20-17-14-11-8-5-2/h7,9-10,12,16-21,25-30,32-33,35-36,38-39,41-42,48,51,57,60,72H,4-6,8,11,13-15,22-24,31,34,37,40,43-47,49-50,52-56,58-59,61-71H2,1-3H3/b10-7-,12-9-,19-16-,20-17-,21-18-,28-25-,29-26-,30-27-,33-32-,36-35-,39-38-,42-41-,51-48-,60-57-. The van der Waals surface area contributed by atoms with Crippen molar-refractivity contribution in [3.63, 3.8) is 0 Å². The Balaban J connectivity index is 4.46. The van der Waals surface area contributed by atoms with Gasteiger partial charge in [-0.3, -0.25) is 14.4 Å². The van der Waals surface area contributed by atoms with E-state index in [2.05, 4.69) is 191 Å². The summed E-state index contributed by atoms with van der Waals surface area (Å²) in [6.45, 7) is 6.32. The van der Waals surface area contributed by atoms with Crippen molar-refractivity contribution in [2.75, 3.05) is 13.2 Å². The molecule has 6 nitrogen and oxygen atoms in total.